The van der Waals surface area contributed by atoms with Gasteiger partial charge in [-0.2, -0.15) is 0 Å². The zero-order chi connectivity index (χ0) is 19.4. The molecule has 0 saturated carbocycles. The molecular weight excluding hydrogens is 432 g/mol. The minimum Gasteiger partial charge on any atom is -0.478 e. The Hall–Kier alpha value is -2.97. The first-order valence-corrected chi connectivity index (χ1v) is 9.40. The molecule has 3 rings (SSSR count). The van der Waals surface area contributed by atoms with Crippen molar-refractivity contribution in [2.24, 2.45) is 0 Å². The van der Waals surface area contributed by atoms with Gasteiger partial charge in [-0.05, 0) is 53.9 Å². The Kier molecular flexibility index (Phi) is 5.68. The zero-order valence-corrected chi connectivity index (χ0v) is 16.1. The van der Waals surface area contributed by atoms with Crippen LogP contribution in [0.3, 0.4) is 0 Å². The number of hydrogen-bond acceptors (Lipinski definition) is 4. The molecule has 0 fully saturated rings. The number of carboxylic acids is 1. The Morgan fingerprint density at radius 1 is 0.926 bits per heavy atom. The van der Waals surface area contributed by atoms with Gasteiger partial charge in [0.15, 0.2) is 0 Å². The summed E-state index contributed by atoms with van der Waals surface area (Å²) in [6.45, 7) is 0. The monoisotopic (exact) mass is 444 g/mol. The minimum atomic E-state index is -1.14. The number of nitrogens with one attached hydrogen (secondary N) is 2. The van der Waals surface area contributed by atoms with Crippen molar-refractivity contribution < 1.29 is 19.5 Å². The van der Waals surface area contributed by atoms with E-state index in [0.29, 0.717) is 20.6 Å². The van der Waals surface area contributed by atoms with Crippen LogP contribution in [-0.4, -0.2) is 22.9 Å². The standard InChI is InChI=1S/C19H13BrN2O4S/c20-12-5-8-15(14(10-12)19(25)26)22-17(23)11-3-6-13(7-4-11)21-18(24)16-2-1-9-27-16/h1-10H,(H,21,24)(H,22,23)(H,25,26). The Morgan fingerprint density at radius 2 is 1.67 bits per heavy atom. The summed E-state index contributed by atoms with van der Waals surface area (Å²) in [5, 5.41) is 16.4. The summed E-state index contributed by atoms with van der Waals surface area (Å²) >= 11 is 4.54. The molecular formula is C19H13BrN2O4S. The molecule has 0 radical (unpaired) electrons. The number of halogens is 1. The van der Waals surface area contributed by atoms with Crippen LogP contribution in [-0.2, 0) is 0 Å². The fraction of sp³-hybridized carbons (Fsp3) is 0. The van der Waals surface area contributed by atoms with Gasteiger partial charge < -0.3 is 15.7 Å². The number of rotatable bonds is 5. The Morgan fingerprint density at radius 3 is 2.30 bits per heavy atom. The summed E-state index contributed by atoms with van der Waals surface area (Å²) < 4.78 is 0.601. The molecule has 0 aliphatic carbocycles. The SMILES string of the molecule is O=C(Nc1ccc(Br)cc1C(=O)O)c1ccc(NC(=O)c2cccs2)cc1. The number of thiophene rings is 1. The van der Waals surface area contributed by atoms with E-state index in [-0.39, 0.29) is 17.2 Å². The topological polar surface area (TPSA) is 95.5 Å². The molecule has 136 valence electrons. The first kappa shape index (κ1) is 18.8. The van der Waals surface area contributed by atoms with Crippen LogP contribution in [0.1, 0.15) is 30.4 Å². The molecule has 3 N–H and O–H groups in total. The maximum Gasteiger partial charge on any atom is 0.337 e. The molecule has 0 bridgehead atoms. The lowest BCUT2D eigenvalue weighted by atomic mass is 10.1. The largest absolute Gasteiger partial charge is 0.478 e. The number of amides is 2. The molecule has 0 spiro atoms. The number of carboxylic acid groups (broad SMARTS) is 1. The molecule has 3 aromatic rings. The molecule has 8 heteroatoms. The maximum atomic E-state index is 12.4. The summed E-state index contributed by atoms with van der Waals surface area (Å²) in [4.78, 5) is 36.3. The van der Waals surface area contributed by atoms with E-state index in [4.69, 9.17) is 0 Å². The van der Waals surface area contributed by atoms with Crippen molar-refractivity contribution in [2.45, 2.75) is 0 Å². The zero-order valence-electron chi connectivity index (χ0n) is 13.7. The number of benzene rings is 2. The molecule has 6 nitrogen and oxygen atoms in total. The van der Waals surface area contributed by atoms with Gasteiger partial charge >= 0.3 is 5.97 Å². The van der Waals surface area contributed by atoms with Crippen LogP contribution < -0.4 is 10.6 Å². The van der Waals surface area contributed by atoms with Crippen LogP contribution in [0.15, 0.2) is 64.5 Å². The molecule has 0 unspecified atom stereocenters. The van der Waals surface area contributed by atoms with Crippen molar-refractivity contribution >= 4 is 56.4 Å². The summed E-state index contributed by atoms with van der Waals surface area (Å²) in [6.07, 6.45) is 0. The third kappa shape index (κ3) is 4.60. The van der Waals surface area contributed by atoms with Crippen molar-refractivity contribution in [3.8, 4) is 0 Å². The van der Waals surface area contributed by atoms with Gasteiger partial charge in [0.1, 0.15) is 0 Å². The van der Waals surface area contributed by atoms with Crippen molar-refractivity contribution in [1.82, 2.24) is 0 Å². The molecule has 2 amide bonds. The predicted molar refractivity (Wildman–Crippen MR) is 108 cm³/mol. The van der Waals surface area contributed by atoms with Gasteiger partial charge in [0.25, 0.3) is 11.8 Å². The highest BCUT2D eigenvalue weighted by molar-refractivity contribution is 9.10. The molecule has 0 aliphatic rings. The van der Waals surface area contributed by atoms with E-state index < -0.39 is 11.9 Å². The van der Waals surface area contributed by atoms with Crippen LogP contribution >= 0.6 is 27.3 Å². The average Bonchev–Trinajstić information content (AvgIpc) is 3.18. The predicted octanol–water partition coefficient (Wildman–Crippen LogP) is 4.71. The summed E-state index contributed by atoms with van der Waals surface area (Å²) in [7, 11) is 0. The number of hydrogen-bond donors (Lipinski definition) is 3. The van der Waals surface area contributed by atoms with Crippen molar-refractivity contribution in [2.75, 3.05) is 10.6 Å². The highest BCUT2D eigenvalue weighted by Crippen LogP contribution is 2.22. The van der Waals surface area contributed by atoms with E-state index in [0.717, 1.165) is 0 Å². The van der Waals surface area contributed by atoms with E-state index in [9.17, 15) is 19.5 Å². The third-order valence-corrected chi connectivity index (χ3v) is 4.97. The van der Waals surface area contributed by atoms with Crippen LogP contribution in [0.5, 0.6) is 0 Å². The van der Waals surface area contributed by atoms with E-state index in [2.05, 4.69) is 26.6 Å². The van der Waals surface area contributed by atoms with Gasteiger partial charge in [0.2, 0.25) is 0 Å². The number of carbonyl (C=O) groups is 3. The lowest BCUT2D eigenvalue weighted by Crippen LogP contribution is -2.15. The Bertz CT molecular complexity index is 1000. The molecule has 1 heterocycles. The Labute approximate surface area is 167 Å². The smallest absolute Gasteiger partial charge is 0.337 e. The first-order valence-electron chi connectivity index (χ1n) is 7.73. The van der Waals surface area contributed by atoms with E-state index in [1.807, 2.05) is 5.38 Å². The van der Waals surface area contributed by atoms with Crippen LogP contribution in [0, 0.1) is 0 Å². The summed E-state index contributed by atoms with van der Waals surface area (Å²) in [6, 6.07) is 14.4. The number of carbonyl (C=O) groups excluding carboxylic acids is 2. The highest BCUT2D eigenvalue weighted by Gasteiger charge is 2.14. The van der Waals surface area contributed by atoms with Gasteiger partial charge in [-0.15, -0.1) is 11.3 Å². The summed E-state index contributed by atoms with van der Waals surface area (Å²) in [5.74, 6) is -1.81. The normalized spacial score (nSPS) is 10.3. The van der Waals surface area contributed by atoms with Gasteiger partial charge in [0, 0.05) is 15.7 Å². The fourth-order valence-corrected chi connectivity index (χ4v) is 3.28. The second kappa shape index (κ2) is 8.15. The van der Waals surface area contributed by atoms with Crippen molar-refractivity contribution in [3.05, 3.63) is 80.5 Å². The molecule has 0 atom stereocenters. The lowest BCUT2D eigenvalue weighted by Gasteiger charge is -2.10. The summed E-state index contributed by atoms with van der Waals surface area (Å²) in [5.41, 5.74) is 1.08. The quantitative estimate of drug-likeness (QED) is 0.530. The minimum absolute atomic E-state index is 0.0162. The van der Waals surface area contributed by atoms with Crippen LogP contribution in [0.4, 0.5) is 11.4 Å². The molecule has 0 aliphatic heterocycles. The van der Waals surface area contributed by atoms with E-state index in [1.54, 1.807) is 42.5 Å². The highest BCUT2D eigenvalue weighted by atomic mass is 79.9. The maximum absolute atomic E-state index is 12.4. The molecule has 2 aromatic carbocycles. The second-order valence-corrected chi connectivity index (χ2v) is 7.32. The Balaban J connectivity index is 1.71. The second-order valence-electron chi connectivity index (χ2n) is 5.46. The van der Waals surface area contributed by atoms with Gasteiger partial charge in [0.05, 0.1) is 16.1 Å². The van der Waals surface area contributed by atoms with E-state index in [1.165, 1.54) is 23.5 Å². The first-order chi connectivity index (χ1) is 12.9. The van der Waals surface area contributed by atoms with Gasteiger partial charge in [-0.3, -0.25) is 9.59 Å². The third-order valence-electron chi connectivity index (χ3n) is 3.61. The van der Waals surface area contributed by atoms with E-state index >= 15 is 0 Å². The van der Waals surface area contributed by atoms with Crippen LogP contribution in [0.2, 0.25) is 0 Å². The lowest BCUT2D eigenvalue weighted by molar-refractivity contribution is 0.0697. The van der Waals surface area contributed by atoms with Gasteiger partial charge in [-0.1, -0.05) is 22.0 Å². The van der Waals surface area contributed by atoms with Crippen molar-refractivity contribution in [3.63, 3.8) is 0 Å². The van der Waals surface area contributed by atoms with Gasteiger partial charge in [-0.25, -0.2) is 4.79 Å². The van der Waals surface area contributed by atoms with Crippen LogP contribution in [0.25, 0.3) is 0 Å². The molecule has 27 heavy (non-hydrogen) atoms. The molecule has 0 saturated heterocycles. The van der Waals surface area contributed by atoms with Crippen molar-refractivity contribution in [1.29, 1.82) is 0 Å². The average molecular weight is 445 g/mol. The number of anilines is 2. The molecule has 1 aromatic heterocycles. The fourth-order valence-electron chi connectivity index (χ4n) is 2.30. The number of aromatic carboxylic acids is 1.